The lowest BCUT2D eigenvalue weighted by Gasteiger charge is -2.33. The molecule has 0 aliphatic carbocycles. The van der Waals surface area contributed by atoms with Crippen LogP contribution in [0.4, 0.5) is 18.0 Å². The molecule has 110 valence electrons. The van der Waals surface area contributed by atoms with E-state index in [0.717, 1.165) is 0 Å². The van der Waals surface area contributed by atoms with Crippen molar-refractivity contribution in [3.05, 3.63) is 0 Å². The maximum atomic E-state index is 12.3. The van der Waals surface area contributed by atoms with Crippen molar-refractivity contribution in [1.82, 2.24) is 4.90 Å². The topological polar surface area (TPSA) is 46.6 Å². The third-order valence-electron chi connectivity index (χ3n) is 2.72. The van der Waals surface area contributed by atoms with Crippen molar-refractivity contribution in [2.24, 2.45) is 5.92 Å². The summed E-state index contributed by atoms with van der Waals surface area (Å²) in [5.74, 6) is -2.94. The average molecular weight is 281 g/mol. The number of likely N-dealkylation sites (tertiary alicyclic amines) is 1. The van der Waals surface area contributed by atoms with Gasteiger partial charge in [0.2, 0.25) is 5.78 Å². The van der Waals surface area contributed by atoms with Crippen LogP contribution in [0.5, 0.6) is 0 Å². The van der Waals surface area contributed by atoms with Gasteiger partial charge in [-0.1, -0.05) is 0 Å². The van der Waals surface area contributed by atoms with Crippen LogP contribution in [0.25, 0.3) is 0 Å². The highest BCUT2D eigenvalue weighted by Crippen LogP contribution is 2.27. The van der Waals surface area contributed by atoms with Gasteiger partial charge in [-0.15, -0.1) is 0 Å². The Balaban J connectivity index is 2.65. The van der Waals surface area contributed by atoms with Crippen molar-refractivity contribution in [3.8, 4) is 0 Å². The molecule has 1 heterocycles. The van der Waals surface area contributed by atoms with Crippen molar-refractivity contribution in [2.45, 2.75) is 45.4 Å². The molecule has 1 aliphatic rings. The van der Waals surface area contributed by atoms with Crippen molar-refractivity contribution in [3.63, 3.8) is 0 Å². The van der Waals surface area contributed by atoms with Crippen molar-refractivity contribution < 1.29 is 27.5 Å². The maximum absolute atomic E-state index is 12.3. The molecular formula is C12H18F3NO3. The lowest BCUT2D eigenvalue weighted by molar-refractivity contribution is -0.177. The molecule has 1 atom stereocenters. The van der Waals surface area contributed by atoms with Gasteiger partial charge >= 0.3 is 12.3 Å². The van der Waals surface area contributed by atoms with Crippen molar-refractivity contribution >= 4 is 11.9 Å². The molecule has 0 N–H and O–H groups in total. The van der Waals surface area contributed by atoms with Gasteiger partial charge in [0.15, 0.2) is 0 Å². The van der Waals surface area contributed by atoms with Gasteiger partial charge in [-0.05, 0) is 33.6 Å². The number of rotatable bonds is 1. The van der Waals surface area contributed by atoms with E-state index in [1.807, 2.05) is 0 Å². The quantitative estimate of drug-likeness (QED) is 0.742. The summed E-state index contributed by atoms with van der Waals surface area (Å²) < 4.78 is 42.1. The van der Waals surface area contributed by atoms with Gasteiger partial charge in [0, 0.05) is 19.0 Å². The molecule has 7 heteroatoms. The summed E-state index contributed by atoms with van der Waals surface area (Å²) in [7, 11) is 0. The highest BCUT2D eigenvalue weighted by atomic mass is 19.4. The number of alkyl halides is 3. The second-order valence-electron chi connectivity index (χ2n) is 5.63. The fourth-order valence-electron chi connectivity index (χ4n) is 1.91. The van der Waals surface area contributed by atoms with Gasteiger partial charge in [0.05, 0.1) is 0 Å². The minimum absolute atomic E-state index is 0.150. The molecular weight excluding hydrogens is 263 g/mol. The second kappa shape index (κ2) is 5.38. The third-order valence-corrected chi connectivity index (χ3v) is 2.72. The highest BCUT2D eigenvalue weighted by molar-refractivity contribution is 5.87. The summed E-state index contributed by atoms with van der Waals surface area (Å²) in [6.07, 6.45) is -5.00. The zero-order chi connectivity index (χ0) is 14.8. The number of hydrogen-bond acceptors (Lipinski definition) is 3. The van der Waals surface area contributed by atoms with Crippen LogP contribution in [0.1, 0.15) is 33.6 Å². The Morgan fingerprint density at radius 2 is 1.79 bits per heavy atom. The summed E-state index contributed by atoms with van der Waals surface area (Å²) in [6.45, 7) is 5.11. The number of amides is 1. The highest BCUT2D eigenvalue weighted by Gasteiger charge is 2.45. The number of hydrogen-bond donors (Lipinski definition) is 0. The van der Waals surface area contributed by atoms with Crippen molar-refractivity contribution in [2.75, 3.05) is 13.1 Å². The largest absolute Gasteiger partial charge is 0.450 e. The molecule has 1 aliphatic heterocycles. The fraction of sp³-hybridized carbons (Fsp3) is 0.833. The van der Waals surface area contributed by atoms with Crippen LogP contribution in [-0.4, -0.2) is 41.6 Å². The molecule has 0 aromatic heterocycles. The number of Topliss-reactive ketones (excluding diaryl/α,β-unsaturated/α-hetero) is 1. The second-order valence-corrected chi connectivity index (χ2v) is 5.63. The molecule has 0 saturated carbocycles. The molecule has 0 radical (unpaired) electrons. The molecule has 1 fully saturated rings. The first-order valence-electron chi connectivity index (χ1n) is 6.09. The number of ether oxygens (including phenoxy) is 1. The SMILES string of the molecule is CC(C)(C)OC(=O)N1CCC[C@@H](C(=O)C(F)(F)F)C1. The molecule has 0 aromatic carbocycles. The summed E-state index contributed by atoms with van der Waals surface area (Å²) in [5.41, 5.74) is -0.710. The molecule has 0 spiro atoms. The van der Waals surface area contributed by atoms with Crippen LogP contribution >= 0.6 is 0 Å². The van der Waals surface area contributed by atoms with Crippen LogP contribution in [0.15, 0.2) is 0 Å². The van der Waals surface area contributed by atoms with Crippen LogP contribution in [0.3, 0.4) is 0 Å². The van der Waals surface area contributed by atoms with E-state index in [1.165, 1.54) is 4.90 Å². The first kappa shape index (κ1) is 15.8. The van der Waals surface area contributed by atoms with Gasteiger partial charge in [-0.3, -0.25) is 4.79 Å². The average Bonchev–Trinajstić information content (AvgIpc) is 2.24. The number of piperidine rings is 1. The Labute approximate surface area is 109 Å². The first-order valence-corrected chi connectivity index (χ1v) is 6.09. The molecule has 19 heavy (non-hydrogen) atoms. The molecule has 0 aromatic rings. The Hall–Kier alpha value is -1.27. The monoisotopic (exact) mass is 281 g/mol. The van der Waals surface area contributed by atoms with E-state index in [0.29, 0.717) is 13.0 Å². The minimum Gasteiger partial charge on any atom is -0.444 e. The normalized spacial score (nSPS) is 21.2. The van der Waals surface area contributed by atoms with E-state index in [4.69, 9.17) is 4.74 Å². The molecule has 1 amide bonds. The Kier molecular flexibility index (Phi) is 4.47. The summed E-state index contributed by atoms with van der Waals surface area (Å²) in [4.78, 5) is 24.1. The van der Waals surface area contributed by atoms with Gasteiger partial charge in [0.25, 0.3) is 0 Å². The minimum atomic E-state index is -4.85. The van der Waals surface area contributed by atoms with Crippen LogP contribution in [-0.2, 0) is 9.53 Å². The van der Waals surface area contributed by atoms with Gasteiger partial charge in [-0.2, -0.15) is 13.2 Å². The van der Waals surface area contributed by atoms with E-state index >= 15 is 0 Å². The standard InChI is InChI=1S/C12H18F3NO3/c1-11(2,3)19-10(18)16-6-4-5-8(7-16)9(17)12(13,14)15/h8H,4-7H2,1-3H3/t8-/m1/s1. The summed E-state index contributed by atoms with van der Waals surface area (Å²) >= 11 is 0. The molecule has 0 unspecified atom stereocenters. The van der Waals surface area contributed by atoms with Gasteiger partial charge in [0.1, 0.15) is 5.60 Å². The fourth-order valence-corrected chi connectivity index (χ4v) is 1.91. The zero-order valence-electron chi connectivity index (χ0n) is 11.2. The molecule has 4 nitrogen and oxygen atoms in total. The van der Waals surface area contributed by atoms with E-state index in [2.05, 4.69) is 0 Å². The predicted octanol–water partition coefficient (Wildman–Crippen LogP) is 2.76. The zero-order valence-corrected chi connectivity index (χ0v) is 11.2. The van der Waals surface area contributed by atoms with E-state index in [1.54, 1.807) is 20.8 Å². The van der Waals surface area contributed by atoms with E-state index < -0.39 is 29.6 Å². The number of ketones is 1. The van der Waals surface area contributed by atoms with Gasteiger partial charge < -0.3 is 9.64 Å². The van der Waals surface area contributed by atoms with E-state index in [9.17, 15) is 22.8 Å². The number of nitrogens with zero attached hydrogens (tertiary/aromatic N) is 1. The van der Waals surface area contributed by atoms with Crippen LogP contribution in [0, 0.1) is 5.92 Å². The third kappa shape index (κ3) is 4.72. The number of halogens is 3. The lowest BCUT2D eigenvalue weighted by atomic mass is 9.93. The molecule has 0 bridgehead atoms. The van der Waals surface area contributed by atoms with Gasteiger partial charge in [-0.25, -0.2) is 4.79 Å². The molecule has 1 saturated heterocycles. The van der Waals surface area contributed by atoms with Crippen LogP contribution < -0.4 is 0 Å². The number of carbonyl (C=O) groups excluding carboxylic acids is 2. The van der Waals surface area contributed by atoms with Crippen molar-refractivity contribution in [1.29, 1.82) is 0 Å². The number of carbonyl (C=O) groups is 2. The maximum Gasteiger partial charge on any atom is 0.450 e. The lowest BCUT2D eigenvalue weighted by Crippen LogP contribution is -2.47. The summed E-state index contributed by atoms with van der Waals surface area (Å²) in [5, 5.41) is 0. The van der Waals surface area contributed by atoms with E-state index in [-0.39, 0.29) is 13.0 Å². The smallest absolute Gasteiger partial charge is 0.444 e. The Bertz CT molecular complexity index is 360. The first-order chi connectivity index (χ1) is 8.50. The summed E-state index contributed by atoms with van der Waals surface area (Å²) in [6, 6.07) is 0. The predicted molar refractivity (Wildman–Crippen MR) is 61.6 cm³/mol. The molecule has 1 rings (SSSR count). The Morgan fingerprint density at radius 1 is 1.21 bits per heavy atom. The Morgan fingerprint density at radius 3 is 2.26 bits per heavy atom. The van der Waals surface area contributed by atoms with Crippen LogP contribution in [0.2, 0.25) is 0 Å².